The van der Waals surface area contributed by atoms with Crippen LogP contribution in [-0.4, -0.2) is 16.8 Å². The topological polar surface area (TPSA) is 32.3 Å². The molecule has 1 aromatic carbocycles. The minimum atomic E-state index is 0.00227. The zero-order valence-electron chi connectivity index (χ0n) is 13.6. The second-order valence-corrected chi connectivity index (χ2v) is 7.47. The monoisotopic (exact) mass is 314 g/mol. The van der Waals surface area contributed by atoms with Crippen LogP contribution in [0.2, 0.25) is 0 Å². The number of anilines is 1. The van der Waals surface area contributed by atoms with Gasteiger partial charge in [-0.3, -0.25) is 9.69 Å². The van der Waals surface area contributed by atoms with Crippen molar-refractivity contribution in [1.29, 1.82) is 0 Å². The van der Waals surface area contributed by atoms with Gasteiger partial charge in [-0.1, -0.05) is 17.7 Å². The van der Waals surface area contributed by atoms with Gasteiger partial charge in [0.25, 0.3) is 5.91 Å². The first-order valence-electron chi connectivity index (χ1n) is 7.68. The third kappa shape index (κ3) is 2.94. The van der Waals surface area contributed by atoms with Crippen molar-refractivity contribution in [2.45, 2.75) is 46.8 Å². The molecule has 0 atom stereocenters. The van der Waals surface area contributed by atoms with Gasteiger partial charge in [0.15, 0.2) is 0 Å². The molecule has 4 heteroatoms. The molecule has 22 heavy (non-hydrogen) atoms. The van der Waals surface area contributed by atoms with Gasteiger partial charge in [0.2, 0.25) is 0 Å². The standard InChI is InChI=1S/C18H22N2OS/c1-11(2)20-9-14-8-16(22-17(14)10-20)18(21)19-15-6-5-12(3)7-13(15)4/h5-8,11H,9-10H2,1-4H3,(H,19,21). The molecule has 0 saturated heterocycles. The number of amides is 1. The predicted molar refractivity (Wildman–Crippen MR) is 92.6 cm³/mol. The summed E-state index contributed by atoms with van der Waals surface area (Å²) in [5, 5.41) is 3.03. The fourth-order valence-electron chi connectivity index (χ4n) is 2.81. The highest BCUT2D eigenvalue weighted by molar-refractivity contribution is 7.14. The summed E-state index contributed by atoms with van der Waals surface area (Å²) in [7, 11) is 0. The summed E-state index contributed by atoms with van der Waals surface area (Å²) >= 11 is 1.63. The molecular formula is C18H22N2OS. The van der Waals surface area contributed by atoms with Crippen LogP contribution >= 0.6 is 11.3 Å². The molecule has 1 aliphatic rings. The minimum absolute atomic E-state index is 0.00227. The number of hydrogen-bond acceptors (Lipinski definition) is 3. The Balaban J connectivity index is 1.74. The number of aryl methyl sites for hydroxylation is 2. The van der Waals surface area contributed by atoms with Crippen LogP contribution in [0.15, 0.2) is 24.3 Å². The summed E-state index contributed by atoms with van der Waals surface area (Å²) in [5.41, 5.74) is 4.51. The van der Waals surface area contributed by atoms with Gasteiger partial charge >= 0.3 is 0 Å². The summed E-state index contributed by atoms with van der Waals surface area (Å²) in [4.78, 5) is 17.0. The van der Waals surface area contributed by atoms with Crippen LogP contribution in [0.25, 0.3) is 0 Å². The Hall–Kier alpha value is -1.65. The zero-order valence-corrected chi connectivity index (χ0v) is 14.4. The third-order valence-electron chi connectivity index (χ3n) is 4.20. The van der Waals surface area contributed by atoms with Crippen molar-refractivity contribution in [2.24, 2.45) is 0 Å². The van der Waals surface area contributed by atoms with E-state index in [9.17, 15) is 4.79 Å². The Morgan fingerprint density at radius 1 is 1.23 bits per heavy atom. The number of hydrogen-bond donors (Lipinski definition) is 1. The second kappa shape index (κ2) is 5.86. The van der Waals surface area contributed by atoms with Crippen molar-refractivity contribution in [1.82, 2.24) is 4.90 Å². The fraction of sp³-hybridized carbons (Fsp3) is 0.389. The van der Waals surface area contributed by atoms with Crippen LogP contribution in [0.1, 0.15) is 45.1 Å². The van der Waals surface area contributed by atoms with E-state index in [0.717, 1.165) is 29.2 Å². The van der Waals surface area contributed by atoms with Crippen LogP contribution in [0.4, 0.5) is 5.69 Å². The zero-order chi connectivity index (χ0) is 15.9. The number of carbonyl (C=O) groups excluding carboxylic acids is 1. The summed E-state index contributed by atoms with van der Waals surface area (Å²) in [6, 6.07) is 8.69. The summed E-state index contributed by atoms with van der Waals surface area (Å²) in [6.45, 7) is 10.4. The quantitative estimate of drug-likeness (QED) is 0.914. The number of rotatable bonds is 3. The van der Waals surface area contributed by atoms with Gasteiger partial charge in [0.1, 0.15) is 0 Å². The summed E-state index contributed by atoms with van der Waals surface area (Å²) < 4.78 is 0. The van der Waals surface area contributed by atoms with E-state index in [0.29, 0.717) is 6.04 Å². The number of nitrogens with one attached hydrogen (secondary N) is 1. The van der Waals surface area contributed by atoms with E-state index in [-0.39, 0.29) is 5.91 Å². The van der Waals surface area contributed by atoms with E-state index in [1.54, 1.807) is 11.3 Å². The molecule has 1 aliphatic heterocycles. The maximum atomic E-state index is 12.5. The molecule has 3 rings (SSSR count). The van der Waals surface area contributed by atoms with E-state index >= 15 is 0 Å². The third-order valence-corrected chi connectivity index (χ3v) is 5.36. The van der Waals surface area contributed by atoms with Crippen LogP contribution in [0, 0.1) is 13.8 Å². The minimum Gasteiger partial charge on any atom is -0.321 e. The van der Waals surface area contributed by atoms with Crippen molar-refractivity contribution in [3.63, 3.8) is 0 Å². The van der Waals surface area contributed by atoms with Crippen molar-refractivity contribution in [3.8, 4) is 0 Å². The lowest BCUT2D eigenvalue weighted by Gasteiger charge is -2.19. The Morgan fingerprint density at radius 2 is 2.00 bits per heavy atom. The average Bonchev–Trinajstić information content (AvgIpc) is 3.00. The van der Waals surface area contributed by atoms with Crippen molar-refractivity contribution < 1.29 is 4.79 Å². The molecule has 1 amide bonds. The number of carbonyl (C=O) groups is 1. The maximum Gasteiger partial charge on any atom is 0.265 e. The van der Waals surface area contributed by atoms with Crippen LogP contribution in [0.3, 0.4) is 0 Å². The van der Waals surface area contributed by atoms with Gasteiger partial charge in [-0.25, -0.2) is 0 Å². The first-order valence-corrected chi connectivity index (χ1v) is 8.50. The second-order valence-electron chi connectivity index (χ2n) is 6.33. The molecular weight excluding hydrogens is 292 g/mol. The number of thiophene rings is 1. The van der Waals surface area contributed by atoms with Gasteiger partial charge in [-0.15, -0.1) is 11.3 Å². The first-order chi connectivity index (χ1) is 10.4. The molecule has 1 N–H and O–H groups in total. The lowest BCUT2D eigenvalue weighted by molar-refractivity contribution is 0.103. The van der Waals surface area contributed by atoms with Gasteiger partial charge in [-0.05, 0) is 51.0 Å². The first kappa shape index (κ1) is 15.3. The Bertz CT molecular complexity index is 694. The van der Waals surface area contributed by atoms with Crippen LogP contribution < -0.4 is 5.32 Å². The molecule has 0 radical (unpaired) electrons. The smallest absolute Gasteiger partial charge is 0.265 e. The van der Waals surface area contributed by atoms with Crippen LogP contribution in [0.5, 0.6) is 0 Å². The molecule has 0 bridgehead atoms. The average molecular weight is 314 g/mol. The van der Waals surface area contributed by atoms with Crippen molar-refractivity contribution in [2.75, 3.05) is 5.32 Å². The van der Waals surface area contributed by atoms with E-state index in [1.165, 1.54) is 16.0 Å². The molecule has 2 aromatic rings. The Labute approximate surface area is 136 Å². The number of nitrogens with zero attached hydrogens (tertiary/aromatic N) is 1. The molecule has 2 heterocycles. The molecule has 0 saturated carbocycles. The highest BCUT2D eigenvalue weighted by Gasteiger charge is 2.25. The number of fused-ring (bicyclic) bond motifs is 1. The molecule has 0 unspecified atom stereocenters. The summed E-state index contributed by atoms with van der Waals surface area (Å²) in [6.07, 6.45) is 0. The maximum absolute atomic E-state index is 12.5. The van der Waals surface area contributed by atoms with Crippen molar-refractivity contribution in [3.05, 3.63) is 50.7 Å². The highest BCUT2D eigenvalue weighted by atomic mass is 32.1. The molecule has 0 fully saturated rings. The van der Waals surface area contributed by atoms with E-state index in [4.69, 9.17) is 0 Å². The van der Waals surface area contributed by atoms with E-state index in [2.05, 4.69) is 43.1 Å². The van der Waals surface area contributed by atoms with Gasteiger partial charge in [-0.2, -0.15) is 0 Å². The van der Waals surface area contributed by atoms with E-state index in [1.807, 2.05) is 19.1 Å². The molecule has 0 spiro atoms. The normalized spacial score (nSPS) is 14.4. The molecule has 116 valence electrons. The Morgan fingerprint density at radius 3 is 2.64 bits per heavy atom. The van der Waals surface area contributed by atoms with Gasteiger partial charge in [0.05, 0.1) is 4.88 Å². The largest absolute Gasteiger partial charge is 0.321 e. The van der Waals surface area contributed by atoms with Gasteiger partial charge < -0.3 is 5.32 Å². The van der Waals surface area contributed by atoms with Gasteiger partial charge in [0, 0.05) is 29.7 Å². The number of benzene rings is 1. The molecule has 1 aromatic heterocycles. The molecule has 0 aliphatic carbocycles. The Kier molecular flexibility index (Phi) is 4.06. The summed E-state index contributed by atoms with van der Waals surface area (Å²) in [5.74, 6) is 0.00227. The lowest BCUT2D eigenvalue weighted by Crippen LogP contribution is -2.24. The SMILES string of the molecule is Cc1ccc(NC(=O)c2cc3c(s2)CN(C(C)C)C3)c(C)c1. The van der Waals surface area contributed by atoms with Crippen LogP contribution in [-0.2, 0) is 13.1 Å². The van der Waals surface area contributed by atoms with Crippen molar-refractivity contribution >= 4 is 22.9 Å². The highest BCUT2D eigenvalue weighted by Crippen LogP contribution is 2.32. The predicted octanol–water partition coefficient (Wildman–Crippen LogP) is 4.34. The molecule has 3 nitrogen and oxygen atoms in total. The van der Waals surface area contributed by atoms with E-state index < -0.39 is 0 Å². The lowest BCUT2D eigenvalue weighted by atomic mass is 10.1. The fourth-order valence-corrected chi connectivity index (χ4v) is 3.90.